The second-order valence-corrected chi connectivity index (χ2v) is 4.29. The van der Waals surface area contributed by atoms with E-state index in [4.69, 9.17) is 20.2 Å². The lowest BCUT2D eigenvalue weighted by molar-refractivity contribution is -0.0244. The molecule has 0 aliphatic carbocycles. The molecule has 0 aromatic heterocycles. The first-order chi connectivity index (χ1) is 5.60. The minimum absolute atomic E-state index is 0.123. The number of hydrogen-bond acceptors (Lipinski definition) is 6. The fourth-order valence-electron chi connectivity index (χ4n) is 0.482. The molecule has 0 spiro atoms. The van der Waals surface area contributed by atoms with Gasteiger partial charge in [0.2, 0.25) is 7.58 Å². The van der Waals surface area contributed by atoms with Crippen LogP contribution < -0.4 is 0 Å². The van der Waals surface area contributed by atoms with Crippen LogP contribution in [0.1, 0.15) is 0 Å². The van der Waals surface area contributed by atoms with E-state index in [0.717, 1.165) is 0 Å². The standard InChI is InChI=1S/C5H13O5PS/c6-1-5(2-7,3-8)4-10-11(9)12/h6-9,12H,1-4H2. The van der Waals surface area contributed by atoms with E-state index in [-0.39, 0.29) is 6.61 Å². The molecule has 74 valence electrons. The third-order valence-electron chi connectivity index (χ3n) is 1.49. The van der Waals surface area contributed by atoms with Crippen LogP contribution in [-0.4, -0.2) is 46.6 Å². The molecule has 1 unspecified atom stereocenters. The third-order valence-corrected chi connectivity index (χ3v) is 2.20. The van der Waals surface area contributed by atoms with Crippen molar-refractivity contribution in [3.8, 4) is 0 Å². The van der Waals surface area contributed by atoms with Gasteiger partial charge in [0.1, 0.15) is 0 Å². The van der Waals surface area contributed by atoms with Crippen molar-refractivity contribution in [1.29, 1.82) is 0 Å². The number of hydrogen-bond donors (Lipinski definition) is 5. The van der Waals surface area contributed by atoms with Crippen molar-refractivity contribution >= 4 is 19.8 Å². The Morgan fingerprint density at radius 3 is 1.83 bits per heavy atom. The van der Waals surface area contributed by atoms with Crippen molar-refractivity contribution in [2.24, 2.45) is 5.41 Å². The molecule has 0 aliphatic heterocycles. The molecule has 0 heterocycles. The highest BCUT2D eigenvalue weighted by Gasteiger charge is 2.29. The molecule has 1 atom stereocenters. The molecule has 0 aromatic rings. The van der Waals surface area contributed by atoms with E-state index in [1.54, 1.807) is 0 Å². The molecule has 0 saturated heterocycles. The van der Waals surface area contributed by atoms with Gasteiger partial charge in [-0.25, -0.2) is 0 Å². The van der Waals surface area contributed by atoms with Gasteiger partial charge in [-0.05, 0) is 0 Å². The highest BCUT2D eigenvalue weighted by molar-refractivity contribution is 8.41. The normalized spacial score (nSPS) is 14.8. The molecular weight excluding hydrogens is 203 g/mol. The van der Waals surface area contributed by atoms with Gasteiger partial charge < -0.3 is 24.7 Å². The summed E-state index contributed by atoms with van der Waals surface area (Å²) in [6.07, 6.45) is 0. The van der Waals surface area contributed by atoms with E-state index in [1.165, 1.54) is 0 Å². The Morgan fingerprint density at radius 1 is 1.17 bits per heavy atom. The van der Waals surface area contributed by atoms with Crippen molar-refractivity contribution in [2.75, 3.05) is 26.4 Å². The van der Waals surface area contributed by atoms with Crippen molar-refractivity contribution in [1.82, 2.24) is 0 Å². The van der Waals surface area contributed by atoms with E-state index in [9.17, 15) is 0 Å². The zero-order chi connectivity index (χ0) is 9.61. The summed E-state index contributed by atoms with van der Waals surface area (Å²) in [4.78, 5) is 8.66. The van der Waals surface area contributed by atoms with Crippen molar-refractivity contribution in [3.05, 3.63) is 0 Å². The van der Waals surface area contributed by atoms with Crippen LogP contribution in [0.2, 0.25) is 0 Å². The van der Waals surface area contributed by atoms with Crippen LogP contribution in [0.4, 0.5) is 0 Å². The first-order valence-electron chi connectivity index (χ1n) is 3.23. The maximum atomic E-state index is 8.79. The molecule has 0 bridgehead atoms. The van der Waals surface area contributed by atoms with Crippen molar-refractivity contribution in [3.63, 3.8) is 0 Å². The molecule has 5 nitrogen and oxygen atoms in total. The predicted octanol–water partition coefficient (Wildman–Crippen LogP) is -0.885. The lowest BCUT2D eigenvalue weighted by atomic mass is 9.93. The second kappa shape index (κ2) is 6.10. The molecule has 0 amide bonds. The minimum atomic E-state index is -1.82. The highest BCUT2D eigenvalue weighted by atomic mass is 32.7. The Kier molecular flexibility index (Phi) is 6.39. The van der Waals surface area contributed by atoms with E-state index >= 15 is 0 Å². The fraction of sp³-hybridized carbons (Fsp3) is 1.00. The number of rotatable bonds is 6. The molecular formula is C5H13O5PS. The van der Waals surface area contributed by atoms with Gasteiger partial charge in [0.15, 0.2) is 0 Å². The fourth-order valence-corrected chi connectivity index (χ4v) is 1.04. The average Bonchev–Trinajstić information content (AvgIpc) is 2.08. The number of aliphatic hydroxyl groups is 3. The van der Waals surface area contributed by atoms with Crippen LogP contribution in [0, 0.1) is 5.41 Å². The summed E-state index contributed by atoms with van der Waals surface area (Å²) in [5.74, 6) is 0. The Bertz CT molecular complexity index is 110. The Morgan fingerprint density at radius 2 is 1.58 bits per heavy atom. The summed E-state index contributed by atoms with van der Waals surface area (Å²) in [7, 11) is -1.82. The summed E-state index contributed by atoms with van der Waals surface area (Å²) in [5.41, 5.74) is -1.09. The van der Waals surface area contributed by atoms with Gasteiger partial charge in [-0.15, -0.1) is 0 Å². The van der Waals surface area contributed by atoms with E-state index in [1.807, 2.05) is 0 Å². The molecule has 0 fully saturated rings. The quantitative estimate of drug-likeness (QED) is 0.294. The summed E-state index contributed by atoms with van der Waals surface area (Å²) in [5, 5.41) is 26.4. The average molecular weight is 216 g/mol. The van der Waals surface area contributed by atoms with Crippen molar-refractivity contribution < 1.29 is 24.7 Å². The summed E-state index contributed by atoms with van der Waals surface area (Å²) in [6, 6.07) is 0. The monoisotopic (exact) mass is 216 g/mol. The van der Waals surface area contributed by atoms with Crippen LogP contribution >= 0.6 is 19.8 Å². The number of thiol groups is 1. The first kappa shape index (κ1) is 12.6. The Labute approximate surface area is 77.1 Å². The van der Waals surface area contributed by atoms with Crippen molar-refractivity contribution in [2.45, 2.75) is 0 Å². The van der Waals surface area contributed by atoms with Crippen LogP contribution in [0.3, 0.4) is 0 Å². The maximum Gasteiger partial charge on any atom is 0.232 e. The maximum absolute atomic E-state index is 8.79. The minimum Gasteiger partial charge on any atom is -0.396 e. The zero-order valence-corrected chi connectivity index (χ0v) is 8.21. The highest BCUT2D eigenvalue weighted by Crippen LogP contribution is 2.38. The van der Waals surface area contributed by atoms with Gasteiger partial charge in [-0.1, -0.05) is 12.2 Å². The van der Waals surface area contributed by atoms with Gasteiger partial charge in [0.25, 0.3) is 0 Å². The van der Waals surface area contributed by atoms with Gasteiger partial charge in [-0.2, -0.15) is 0 Å². The van der Waals surface area contributed by atoms with Crippen LogP contribution in [0.15, 0.2) is 0 Å². The third kappa shape index (κ3) is 4.00. The van der Waals surface area contributed by atoms with E-state index < -0.39 is 32.8 Å². The summed E-state index contributed by atoms with van der Waals surface area (Å²) in [6.45, 7) is -1.34. The van der Waals surface area contributed by atoms with Gasteiger partial charge in [0, 0.05) is 0 Å². The first-order valence-corrected chi connectivity index (χ1v) is 5.60. The molecule has 0 aromatic carbocycles. The molecule has 4 N–H and O–H groups in total. The summed E-state index contributed by atoms with van der Waals surface area (Å²) < 4.78 is 4.68. The van der Waals surface area contributed by atoms with E-state index in [0.29, 0.717) is 0 Å². The lowest BCUT2D eigenvalue weighted by Gasteiger charge is -2.26. The van der Waals surface area contributed by atoms with Gasteiger partial charge >= 0.3 is 0 Å². The Balaban J connectivity index is 3.93. The second-order valence-electron chi connectivity index (χ2n) is 2.50. The smallest absolute Gasteiger partial charge is 0.232 e. The number of aliphatic hydroxyl groups excluding tert-OH is 3. The SMILES string of the molecule is OCC(CO)(CO)COP(O)S. The molecule has 0 aliphatic rings. The van der Waals surface area contributed by atoms with Gasteiger partial charge in [0.05, 0.1) is 31.8 Å². The molecule has 0 radical (unpaired) electrons. The van der Waals surface area contributed by atoms with Crippen LogP contribution in [0.5, 0.6) is 0 Å². The molecule has 0 rings (SSSR count). The lowest BCUT2D eigenvalue weighted by Crippen LogP contribution is -2.38. The van der Waals surface area contributed by atoms with Crippen LogP contribution in [0.25, 0.3) is 0 Å². The van der Waals surface area contributed by atoms with Gasteiger partial charge in [-0.3, -0.25) is 0 Å². The molecule has 0 saturated carbocycles. The largest absolute Gasteiger partial charge is 0.396 e. The van der Waals surface area contributed by atoms with E-state index in [2.05, 4.69) is 16.8 Å². The molecule has 7 heteroatoms. The predicted molar refractivity (Wildman–Crippen MR) is 47.8 cm³/mol. The summed E-state index contributed by atoms with van der Waals surface area (Å²) >= 11 is 3.58. The Hall–Kier alpha value is 0.580. The van der Waals surface area contributed by atoms with Crippen LogP contribution in [-0.2, 0) is 4.52 Å². The molecule has 12 heavy (non-hydrogen) atoms. The zero-order valence-electron chi connectivity index (χ0n) is 6.42. The topological polar surface area (TPSA) is 90.2 Å².